The molecule has 4 N–H and O–H groups in total. The molecule has 43 heavy (non-hydrogen) atoms. The van der Waals surface area contributed by atoms with E-state index in [0.717, 1.165) is 33.4 Å². The van der Waals surface area contributed by atoms with E-state index in [0.29, 0.717) is 0 Å². The predicted molar refractivity (Wildman–Crippen MR) is 182 cm³/mol. The number of carbonyl (C=O) groups is 2. The summed E-state index contributed by atoms with van der Waals surface area (Å²) in [5.74, 6) is -1.14. The highest BCUT2D eigenvalue weighted by atomic mass is 32.2. The summed E-state index contributed by atoms with van der Waals surface area (Å²) in [5.41, 5.74) is 3.79. The number of thioether (sulfide) groups is 1. The molecule has 6 nitrogen and oxygen atoms in total. The molecule has 0 aliphatic heterocycles. The number of carboxylic acids is 2. The Labute approximate surface area is 264 Å². The molecule has 0 radical (unpaired) electrons. The van der Waals surface area contributed by atoms with E-state index < -0.39 is 11.9 Å². The molecule has 0 aromatic heterocycles. The molecular formula is C36H54O6S. The lowest BCUT2D eigenvalue weighted by atomic mass is 9.78. The van der Waals surface area contributed by atoms with Crippen LogP contribution in [-0.2, 0) is 44.1 Å². The number of hydrogen-bond donors (Lipinski definition) is 4. The van der Waals surface area contributed by atoms with Gasteiger partial charge in [0.1, 0.15) is 11.5 Å². The van der Waals surface area contributed by atoms with Crippen molar-refractivity contribution in [2.24, 2.45) is 0 Å². The van der Waals surface area contributed by atoms with Crippen molar-refractivity contribution in [2.75, 3.05) is 0 Å². The van der Waals surface area contributed by atoms with Crippen molar-refractivity contribution in [3.05, 3.63) is 81.6 Å². The maximum absolute atomic E-state index is 10.9. The lowest BCUT2D eigenvalue weighted by Gasteiger charge is -2.28. The number of aliphatic carboxylic acids is 2. The van der Waals surface area contributed by atoms with Crippen molar-refractivity contribution >= 4 is 23.7 Å². The summed E-state index contributed by atoms with van der Waals surface area (Å²) >= 11 is 1.49. The first-order valence-electron chi connectivity index (χ1n) is 14.3. The Morgan fingerprint density at radius 1 is 0.581 bits per heavy atom. The monoisotopic (exact) mass is 614 g/mol. The summed E-state index contributed by atoms with van der Waals surface area (Å²) in [6.07, 6.45) is -0.0428. The van der Waals surface area contributed by atoms with E-state index in [2.05, 4.69) is 13.2 Å². The summed E-state index contributed by atoms with van der Waals surface area (Å²) in [4.78, 5) is 21.8. The second-order valence-corrected chi connectivity index (χ2v) is 15.6. The Balaban J connectivity index is 0.000000709. The van der Waals surface area contributed by atoms with E-state index in [4.69, 9.17) is 10.2 Å². The van der Waals surface area contributed by atoms with Gasteiger partial charge in [-0.1, -0.05) is 121 Å². The molecule has 0 spiro atoms. The van der Waals surface area contributed by atoms with Crippen LogP contribution in [0.1, 0.15) is 116 Å². The van der Waals surface area contributed by atoms with Crippen molar-refractivity contribution in [3.8, 4) is 11.5 Å². The zero-order chi connectivity index (χ0) is 34.1. The highest BCUT2D eigenvalue weighted by Gasteiger charge is 2.28. The van der Waals surface area contributed by atoms with Gasteiger partial charge >= 0.3 is 11.9 Å². The second-order valence-electron chi connectivity index (χ2n) is 14.7. The first-order chi connectivity index (χ1) is 19.3. The van der Waals surface area contributed by atoms with Crippen LogP contribution in [0.3, 0.4) is 0 Å². The van der Waals surface area contributed by atoms with Crippen LogP contribution < -0.4 is 0 Å². The number of rotatable bonds is 6. The van der Waals surface area contributed by atoms with Crippen molar-refractivity contribution in [1.29, 1.82) is 0 Å². The lowest BCUT2D eigenvalue weighted by Crippen LogP contribution is -2.18. The van der Waals surface area contributed by atoms with E-state index in [-0.39, 0.29) is 46.0 Å². The summed E-state index contributed by atoms with van der Waals surface area (Å²) in [7, 11) is 0. The van der Waals surface area contributed by atoms with Crippen molar-refractivity contribution < 1.29 is 30.0 Å². The van der Waals surface area contributed by atoms with Crippen molar-refractivity contribution in [3.63, 3.8) is 0 Å². The quantitative estimate of drug-likeness (QED) is 0.256. The largest absolute Gasteiger partial charge is 0.507 e. The van der Waals surface area contributed by atoms with Gasteiger partial charge in [0.25, 0.3) is 0 Å². The van der Waals surface area contributed by atoms with Gasteiger partial charge in [0.05, 0.1) is 12.8 Å². The number of carboxylic acid groups (broad SMARTS) is 2. The summed E-state index contributed by atoms with van der Waals surface area (Å²) in [6.45, 7) is 31.0. The number of hydrogen-bond acceptors (Lipinski definition) is 5. The minimum Gasteiger partial charge on any atom is -0.507 e. The third kappa shape index (κ3) is 13.3. The van der Waals surface area contributed by atoms with Gasteiger partial charge in [-0.25, -0.2) is 0 Å². The van der Waals surface area contributed by atoms with Crippen LogP contribution in [0.5, 0.6) is 11.5 Å². The highest BCUT2D eigenvalue weighted by molar-refractivity contribution is 8.04. The standard InChI is InChI=1S/2C16H24O3.C4H6S/c2*1-15(2,3)11-7-10(9-13(17)18)8-12(14(11)19)16(4,5)6;1-3-5-4-2/h2*7-8,19H,9H2,1-6H3,(H,17,18);3-4H,1-2H2. The SMILES string of the molecule is C=CSC=C.CC(C)(C)c1cc(CC(=O)O)cc(C(C)(C)C)c1O.CC(C)(C)c1cc(CC(=O)O)cc(C(C)(C)C)c1O. The number of benzene rings is 2. The second kappa shape index (κ2) is 15.5. The van der Waals surface area contributed by atoms with Crippen LogP contribution in [0.4, 0.5) is 0 Å². The van der Waals surface area contributed by atoms with Crippen LogP contribution >= 0.6 is 11.8 Å². The molecular weight excluding hydrogens is 560 g/mol. The molecule has 0 heterocycles. The summed E-state index contributed by atoms with van der Waals surface area (Å²) in [5, 5.41) is 42.3. The van der Waals surface area contributed by atoms with Gasteiger partial charge < -0.3 is 20.4 Å². The summed E-state index contributed by atoms with van der Waals surface area (Å²) < 4.78 is 0. The number of phenolic OH excluding ortho intramolecular Hbond substituents is 2. The third-order valence-electron chi connectivity index (χ3n) is 6.47. The van der Waals surface area contributed by atoms with Crippen molar-refractivity contribution in [1.82, 2.24) is 0 Å². The summed E-state index contributed by atoms with van der Waals surface area (Å²) in [6, 6.07) is 7.22. The van der Waals surface area contributed by atoms with E-state index >= 15 is 0 Å². The maximum Gasteiger partial charge on any atom is 0.307 e. The molecule has 0 bridgehead atoms. The Kier molecular flexibility index (Phi) is 14.4. The smallest absolute Gasteiger partial charge is 0.307 e. The van der Waals surface area contributed by atoms with Gasteiger partial charge in [0, 0.05) is 0 Å². The molecule has 0 fully saturated rings. The molecule has 2 rings (SSSR count). The first-order valence-corrected chi connectivity index (χ1v) is 15.3. The van der Waals surface area contributed by atoms with Crippen LogP contribution in [0.2, 0.25) is 0 Å². The molecule has 0 unspecified atom stereocenters. The predicted octanol–water partition coefficient (Wildman–Crippen LogP) is 9.24. The zero-order valence-corrected chi connectivity index (χ0v) is 29.1. The fourth-order valence-corrected chi connectivity index (χ4v) is 4.43. The Morgan fingerprint density at radius 3 is 0.907 bits per heavy atom. The average Bonchev–Trinajstić information content (AvgIpc) is 2.79. The van der Waals surface area contributed by atoms with E-state index in [9.17, 15) is 19.8 Å². The van der Waals surface area contributed by atoms with Crippen LogP contribution in [-0.4, -0.2) is 32.4 Å². The fourth-order valence-electron chi connectivity index (χ4n) is 4.30. The molecule has 7 heteroatoms. The maximum atomic E-state index is 10.9. The molecule has 2 aromatic carbocycles. The fraction of sp³-hybridized carbons (Fsp3) is 0.500. The number of phenols is 2. The molecule has 240 valence electrons. The number of aromatic hydroxyl groups is 2. The third-order valence-corrected chi connectivity index (χ3v) is 6.86. The van der Waals surface area contributed by atoms with E-state index in [1.54, 1.807) is 35.1 Å². The molecule has 2 aromatic rings. The van der Waals surface area contributed by atoms with Crippen LogP contribution in [0.25, 0.3) is 0 Å². The molecule has 0 saturated heterocycles. The van der Waals surface area contributed by atoms with Gasteiger partial charge in [-0.15, -0.1) is 11.8 Å². The first kappa shape index (κ1) is 39.8. The zero-order valence-electron chi connectivity index (χ0n) is 28.3. The topological polar surface area (TPSA) is 115 Å². The van der Waals surface area contributed by atoms with E-state index in [1.165, 1.54) is 11.8 Å². The van der Waals surface area contributed by atoms with E-state index in [1.807, 2.05) is 83.1 Å². The molecule has 0 atom stereocenters. The lowest BCUT2D eigenvalue weighted by molar-refractivity contribution is -0.137. The van der Waals surface area contributed by atoms with Gasteiger partial charge in [-0.05, 0) is 65.9 Å². The average molecular weight is 615 g/mol. The molecule has 0 aliphatic carbocycles. The highest BCUT2D eigenvalue weighted by Crippen LogP contribution is 2.41. The van der Waals surface area contributed by atoms with Gasteiger partial charge in [-0.3, -0.25) is 9.59 Å². The van der Waals surface area contributed by atoms with Crippen LogP contribution in [0, 0.1) is 0 Å². The van der Waals surface area contributed by atoms with Crippen LogP contribution in [0.15, 0.2) is 48.2 Å². The minimum atomic E-state index is -0.856. The minimum absolute atomic E-state index is 0.0214. The van der Waals surface area contributed by atoms with Gasteiger partial charge in [0.15, 0.2) is 0 Å². The molecule has 0 aliphatic rings. The normalized spacial score (nSPS) is 11.8. The Bertz CT molecular complexity index is 1110. The Hall–Kier alpha value is -3.19. The molecule has 0 saturated carbocycles. The molecule has 0 amide bonds. The van der Waals surface area contributed by atoms with Crippen molar-refractivity contribution in [2.45, 2.75) is 118 Å². The Morgan fingerprint density at radius 2 is 0.791 bits per heavy atom. The van der Waals surface area contributed by atoms with Gasteiger partial charge in [-0.2, -0.15) is 0 Å². The van der Waals surface area contributed by atoms with Gasteiger partial charge in [0.2, 0.25) is 0 Å².